The van der Waals surface area contributed by atoms with Gasteiger partial charge in [-0.3, -0.25) is 4.98 Å². The van der Waals surface area contributed by atoms with Gasteiger partial charge in [-0.15, -0.1) is 0 Å². The predicted octanol–water partition coefficient (Wildman–Crippen LogP) is 2.97. The van der Waals surface area contributed by atoms with E-state index in [2.05, 4.69) is 19.5 Å². The van der Waals surface area contributed by atoms with Crippen molar-refractivity contribution in [3.05, 3.63) is 54.4 Å². The van der Waals surface area contributed by atoms with Crippen molar-refractivity contribution < 1.29 is 4.74 Å². The van der Waals surface area contributed by atoms with Gasteiger partial charge in [-0.05, 0) is 26.0 Å². The van der Waals surface area contributed by atoms with E-state index in [0.29, 0.717) is 13.2 Å². The summed E-state index contributed by atoms with van der Waals surface area (Å²) in [5.41, 5.74) is 2.74. The molecule has 1 aromatic carbocycles. The van der Waals surface area contributed by atoms with E-state index in [0.717, 1.165) is 22.6 Å². The maximum atomic E-state index is 5.62. The number of hydrogen-bond acceptors (Lipinski definition) is 4. The third kappa shape index (κ3) is 2.92. The molecule has 0 bridgehead atoms. The lowest BCUT2D eigenvalue weighted by molar-refractivity contribution is 0.0677. The van der Waals surface area contributed by atoms with Gasteiger partial charge in [0.15, 0.2) is 0 Å². The van der Waals surface area contributed by atoms with E-state index in [4.69, 9.17) is 4.74 Å². The Bertz CT molecular complexity index is 738. The van der Waals surface area contributed by atoms with Gasteiger partial charge < -0.3 is 9.30 Å². The van der Waals surface area contributed by atoms with Crippen LogP contribution in [0.2, 0.25) is 0 Å². The van der Waals surface area contributed by atoms with E-state index >= 15 is 0 Å². The number of ether oxygens (including phenoxy) is 1. The minimum absolute atomic E-state index is 0.0292. The van der Waals surface area contributed by atoms with Crippen LogP contribution in [0.3, 0.4) is 0 Å². The maximum Gasteiger partial charge on any atom is 0.137 e. The van der Waals surface area contributed by atoms with Crippen molar-refractivity contribution in [1.29, 1.82) is 0 Å². The van der Waals surface area contributed by atoms with Crippen LogP contribution in [0, 0.1) is 0 Å². The summed E-state index contributed by atoms with van der Waals surface area (Å²) in [6.07, 6.45) is 5.52. The molecule has 0 saturated carbocycles. The lowest BCUT2D eigenvalue weighted by Gasteiger charge is -2.13. The summed E-state index contributed by atoms with van der Waals surface area (Å²) in [7, 11) is 0. The van der Waals surface area contributed by atoms with E-state index in [1.165, 1.54) is 0 Å². The molecule has 1 atom stereocenters. The number of fused-ring (bicyclic) bond motifs is 1. The Labute approximate surface area is 123 Å². The van der Waals surface area contributed by atoms with Crippen molar-refractivity contribution in [2.45, 2.75) is 26.5 Å². The fourth-order valence-corrected chi connectivity index (χ4v) is 2.38. The second kappa shape index (κ2) is 6.01. The molecular formula is C16H18N4O. The van der Waals surface area contributed by atoms with Gasteiger partial charge in [-0.1, -0.05) is 12.1 Å². The maximum absolute atomic E-state index is 5.62. The molecule has 0 aliphatic rings. The molecule has 0 spiro atoms. The number of aromatic nitrogens is 4. The van der Waals surface area contributed by atoms with E-state index < -0.39 is 0 Å². The number of rotatable bonds is 5. The third-order valence-corrected chi connectivity index (χ3v) is 3.36. The molecule has 0 saturated heterocycles. The highest BCUT2D eigenvalue weighted by Crippen LogP contribution is 2.16. The Hall–Kier alpha value is -2.27. The Kier molecular flexibility index (Phi) is 3.92. The van der Waals surface area contributed by atoms with Crippen LogP contribution >= 0.6 is 0 Å². The second-order valence-corrected chi connectivity index (χ2v) is 4.86. The molecule has 2 heterocycles. The van der Waals surface area contributed by atoms with Gasteiger partial charge in [0.05, 0.1) is 29.5 Å². The van der Waals surface area contributed by atoms with Crippen LogP contribution in [0.25, 0.3) is 11.0 Å². The van der Waals surface area contributed by atoms with Crippen LogP contribution in [0.15, 0.2) is 42.9 Å². The fourth-order valence-electron chi connectivity index (χ4n) is 2.38. The fraction of sp³-hybridized carbons (Fsp3) is 0.312. The highest BCUT2D eigenvalue weighted by molar-refractivity contribution is 5.73. The summed E-state index contributed by atoms with van der Waals surface area (Å²) < 4.78 is 7.67. The van der Waals surface area contributed by atoms with Crippen LogP contribution in [0.4, 0.5) is 0 Å². The highest BCUT2D eigenvalue weighted by atomic mass is 16.5. The molecule has 1 unspecified atom stereocenters. The zero-order valence-electron chi connectivity index (χ0n) is 12.2. The zero-order chi connectivity index (χ0) is 14.7. The van der Waals surface area contributed by atoms with Crippen molar-refractivity contribution in [3.8, 4) is 0 Å². The summed E-state index contributed by atoms with van der Waals surface area (Å²) in [6, 6.07) is 7.88. The van der Waals surface area contributed by atoms with Gasteiger partial charge in [-0.25, -0.2) is 9.97 Å². The monoisotopic (exact) mass is 282 g/mol. The first kappa shape index (κ1) is 13.7. The third-order valence-electron chi connectivity index (χ3n) is 3.36. The molecular weight excluding hydrogens is 264 g/mol. The van der Waals surface area contributed by atoms with Gasteiger partial charge in [0.1, 0.15) is 11.9 Å². The predicted molar refractivity (Wildman–Crippen MR) is 80.9 cm³/mol. The molecule has 0 aliphatic heterocycles. The van der Waals surface area contributed by atoms with Gasteiger partial charge >= 0.3 is 0 Å². The number of hydrogen-bond donors (Lipinski definition) is 0. The molecule has 5 nitrogen and oxygen atoms in total. The smallest absolute Gasteiger partial charge is 0.137 e. The van der Waals surface area contributed by atoms with E-state index in [-0.39, 0.29) is 6.10 Å². The Balaban J connectivity index is 1.87. The largest absolute Gasteiger partial charge is 0.371 e. The van der Waals surface area contributed by atoms with E-state index in [9.17, 15) is 0 Å². The average Bonchev–Trinajstić information content (AvgIpc) is 2.95. The van der Waals surface area contributed by atoms with Gasteiger partial charge in [0.25, 0.3) is 0 Å². The molecule has 3 rings (SSSR count). The molecule has 0 N–H and O–H groups in total. The molecule has 3 aromatic rings. The minimum Gasteiger partial charge on any atom is -0.371 e. The highest BCUT2D eigenvalue weighted by Gasteiger charge is 2.12. The summed E-state index contributed by atoms with van der Waals surface area (Å²) >= 11 is 0. The molecule has 0 aliphatic carbocycles. The number of benzene rings is 1. The van der Waals surface area contributed by atoms with E-state index in [1.807, 2.05) is 50.5 Å². The molecule has 2 aromatic heterocycles. The van der Waals surface area contributed by atoms with Crippen molar-refractivity contribution in [1.82, 2.24) is 19.5 Å². The lowest BCUT2D eigenvalue weighted by atomic mass is 10.3. The van der Waals surface area contributed by atoms with Gasteiger partial charge in [0, 0.05) is 19.0 Å². The number of imidazole rings is 1. The van der Waals surface area contributed by atoms with Crippen molar-refractivity contribution in [2.75, 3.05) is 6.61 Å². The van der Waals surface area contributed by atoms with Gasteiger partial charge in [-0.2, -0.15) is 0 Å². The first-order chi connectivity index (χ1) is 10.3. The molecule has 5 heteroatoms. The second-order valence-electron chi connectivity index (χ2n) is 4.86. The topological polar surface area (TPSA) is 52.8 Å². The summed E-state index contributed by atoms with van der Waals surface area (Å²) in [6.45, 7) is 5.31. The molecule has 108 valence electrons. The molecule has 0 fully saturated rings. The summed E-state index contributed by atoms with van der Waals surface area (Å²) in [4.78, 5) is 13.5. The van der Waals surface area contributed by atoms with E-state index in [1.54, 1.807) is 6.20 Å². The Morgan fingerprint density at radius 3 is 2.81 bits per heavy atom. The Morgan fingerprint density at radius 1 is 1.19 bits per heavy atom. The molecule has 0 amide bonds. The lowest BCUT2D eigenvalue weighted by Crippen LogP contribution is -2.11. The normalized spacial score (nSPS) is 12.7. The SMILES string of the molecule is CCOC(C)c1nccn1Cc1cnc2ccccc2n1. The average molecular weight is 282 g/mol. The first-order valence-corrected chi connectivity index (χ1v) is 7.11. The zero-order valence-corrected chi connectivity index (χ0v) is 12.2. The van der Waals surface area contributed by atoms with Crippen molar-refractivity contribution in [3.63, 3.8) is 0 Å². The molecule has 0 radical (unpaired) electrons. The number of nitrogens with zero attached hydrogens (tertiary/aromatic N) is 4. The minimum atomic E-state index is -0.0292. The van der Waals surface area contributed by atoms with Crippen molar-refractivity contribution in [2.24, 2.45) is 0 Å². The van der Waals surface area contributed by atoms with Crippen LogP contribution in [0.5, 0.6) is 0 Å². The van der Waals surface area contributed by atoms with Crippen LogP contribution in [-0.2, 0) is 11.3 Å². The summed E-state index contributed by atoms with van der Waals surface area (Å²) in [5.74, 6) is 0.909. The van der Waals surface area contributed by atoms with Crippen LogP contribution < -0.4 is 0 Å². The number of para-hydroxylation sites is 2. The molecule has 21 heavy (non-hydrogen) atoms. The van der Waals surface area contributed by atoms with Crippen LogP contribution in [0.1, 0.15) is 31.5 Å². The Morgan fingerprint density at radius 2 is 2.00 bits per heavy atom. The van der Waals surface area contributed by atoms with Gasteiger partial charge in [0.2, 0.25) is 0 Å². The van der Waals surface area contributed by atoms with Crippen LogP contribution in [-0.4, -0.2) is 26.1 Å². The quantitative estimate of drug-likeness (QED) is 0.722. The van der Waals surface area contributed by atoms with Crippen molar-refractivity contribution >= 4 is 11.0 Å². The standard InChI is InChI=1S/C16H18N4O/c1-3-21-12(2)16-17-8-9-20(16)11-13-10-18-14-6-4-5-7-15(14)19-13/h4-10,12H,3,11H2,1-2H3. The summed E-state index contributed by atoms with van der Waals surface area (Å²) in [5, 5.41) is 0. The first-order valence-electron chi connectivity index (χ1n) is 7.11.